The van der Waals surface area contributed by atoms with Crippen molar-refractivity contribution in [2.24, 2.45) is 0 Å². The highest BCUT2D eigenvalue weighted by Crippen LogP contribution is 2.03. The average Bonchev–Trinajstić information content (AvgIpc) is 2.31. The number of nitrogens with one attached hydrogen (secondary N) is 1. The van der Waals surface area contributed by atoms with E-state index in [9.17, 15) is 9.90 Å². The second kappa shape index (κ2) is 9.39. The number of esters is 1. The largest absolute Gasteiger partial charge is 0.467 e. The van der Waals surface area contributed by atoms with E-state index in [1.807, 2.05) is 0 Å². The van der Waals surface area contributed by atoms with E-state index in [0.29, 0.717) is 13.2 Å². The number of carbonyl (C=O) groups is 1. The van der Waals surface area contributed by atoms with Gasteiger partial charge in [0.05, 0.1) is 7.11 Å². The smallest absolute Gasteiger partial charge is 0.338 e. The second-order valence-corrected chi connectivity index (χ2v) is 4.26. The molecule has 0 aromatic heterocycles. The van der Waals surface area contributed by atoms with Gasteiger partial charge in [0.25, 0.3) is 0 Å². The van der Waals surface area contributed by atoms with Crippen LogP contribution in [0, 0.1) is 0 Å². The first-order valence-corrected chi connectivity index (χ1v) is 6.14. The lowest BCUT2D eigenvalue weighted by atomic mass is 10.1. The zero-order chi connectivity index (χ0) is 13.1. The molecule has 0 fully saturated rings. The van der Waals surface area contributed by atoms with Crippen LogP contribution in [0.1, 0.15) is 33.1 Å². The fraction of sp³-hybridized carbons (Fsp3) is 0.917. The van der Waals surface area contributed by atoms with E-state index in [-0.39, 0.29) is 6.54 Å². The minimum Gasteiger partial charge on any atom is -0.467 e. The molecule has 0 saturated carbocycles. The van der Waals surface area contributed by atoms with Gasteiger partial charge in [-0.1, -0.05) is 13.3 Å². The van der Waals surface area contributed by atoms with Crippen LogP contribution < -0.4 is 5.32 Å². The fourth-order valence-corrected chi connectivity index (χ4v) is 1.27. The molecule has 0 aliphatic carbocycles. The summed E-state index contributed by atoms with van der Waals surface area (Å²) in [6.07, 6.45) is 3.09. The predicted octanol–water partition coefficient (Wildman–Crippen LogP) is 0.707. The van der Waals surface area contributed by atoms with Gasteiger partial charge in [-0.05, 0) is 26.3 Å². The Hall–Kier alpha value is -0.650. The van der Waals surface area contributed by atoms with Crippen molar-refractivity contribution in [3.05, 3.63) is 0 Å². The SMILES string of the molecule is CCCCOCCCNCC(C)(O)C(=O)OC. The third-order valence-electron chi connectivity index (χ3n) is 2.38. The third kappa shape index (κ3) is 8.12. The summed E-state index contributed by atoms with van der Waals surface area (Å²) in [5, 5.41) is 12.7. The summed E-state index contributed by atoms with van der Waals surface area (Å²) >= 11 is 0. The van der Waals surface area contributed by atoms with Crippen molar-refractivity contribution >= 4 is 5.97 Å². The average molecular weight is 247 g/mol. The van der Waals surface area contributed by atoms with Crippen molar-refractivity contribution in [2.75, 3.05) is 33.4 Å². The highest BCUT2D eigenvalue weighted by atomic mass is 16.5. The molecule has 0 radical (unpaired) electrons. The summed E-state index contributed by atoms with van der Waals surface area (Å²) in [5.41, 5.74) is -1.46. The lowest BCUT2D eigenvalue weighted by Crippen LogP contribution is -2.45. The van der Waals surface area contributed by atoms with Gasteiger partial charge in [0.15, 0.2) is 5.60 Å². The van der Waals surface area contributed by atoms with Crippen molar-refractivity contribution in [1.82, 2.24) is 5.32 Å². The highest BCUT2D eigenvalue weighted by Gasteiger charge is 2.30. The Balaban J connectivity index is 3.42. The van der Waals surface area contributed by atoms with Crippen LogP contribution >= 0.6 is 0 Å². The molecular weight excluding hydrogens is 222 g/mol. The molecule has 0 saturated heterocycles. The Morgan fingerprint density at radius 1 is 1.35 bits per heavy atom. The minimum absolute atomic E-state index is 0.189. The zero-order valence-electron chi connectivity index (χ0n) is 11.1. The molecule has 0 spiro atoms. The number of unbranched alkanes of at least 4 members (excludes halogenated alkanes) is 1. The van der Waals surface area contributed by atoms with Gasteiger partial charge in [0.2, 0.25) is 0 Å². The molecule has 102 valence electrons. The van der Waals surface area contributed by atoms with E-state index in [1.165, 1.54) is 14.0 Å². The van der Waals surface area contributed by atoms with Gasteiger partial charge in [-0.2, -0.15) is 0 Å². The van der Waals surface area contributed by atoms with Crippen molar-refractivity contribution in [3.8, 4) is 0 Å². The van der Waals surface area contributed by atoms with Crippen LogP contribution in [0.5, 0.6) is 0 Å². The monoisotopic (exact) mass is 247 g/mol. The molecule has 0 aliphatic rings. The van der Waals surface area contributed by atoms with Crippen molar-refractivity contribution < 1.29 is 19.4 Å². The van der Waals surface area contributed by atoms with Gasteiger partial charge in [0, 0.05) is 19.8 Å². The van der Waals surface area contributed by atoms with Crippen LogP contribution in [0.15, 0.2) is 0 Å². The maximum Gasteiger partial charge on any atom is 0.338 e. The summed E-state index contributed by atoms with van der Waals surface area (Å²) < 4.78 is 9.86. The molecule has 1 unspecified atom stereocenters. The second-order valence-electron chi connectivity index (χ2n) is 4.26. The maximum absolute atomic E-state index is 11.1. The number of hydrogen-bond donors (Lipinski definition) is 2. The Morgan fingerprint density at radius 3 is 2.59 bits per heavy atom. The maximum atomic E-state index is 11.1. The topological polar surface area (TPSA) is 67.8 Å². The summed E-state index contributed by atoms with van der Waals surface area (Å²) in [7, 11) is 1.26. The molecule has 0 rings (SSSR count). The number of ether oxygens (including phenoxy) is 2. The summed E-state index contributed by atoms with van der Waals surface area (Å²) in [6, 6.07) is 0. The van der Waals surface area contributed by atoms with Crippen LogP contribution in [-0.2, 0) is 14.3 Å². The summed E-state index contributed by atoms with van der Waals surface area (Å²) in [6.45, 7) is 5.96. The number of carbonyl (C=O) groups excluding carboxylic acids is 1. The number of aliphatic hydroxyl groups is 1. The molecule has 5 heteroatoms. The zero-order valence-corrected chi connectivity index (χ0v) is 11.1. The minimum atomic E-state index is -1.46. The van der Waals surface area contributed by atoms with Crippen molar-refractivity contribution in [2.45, 2.75) is 38.7 Å². The predicted molar refractivity (Wildman–Crippen MR) is 65.9 cm³/mol. The van der Waals surface area contributed by atoms with Crippen LogP contribution in [-0.4, -0.2) is 50.1 Å². The molecule has 0 aromatic rings. The van der Waals surface area contributed by atoms with Gasteiger partial charge in [-0.3, -0.25) is 0 Å². The van der Waals surface area contributed by atoms with Gasteiger partial charge in [-0.15, -0.1) is 0 Å². The Labute approximate surface area is 103 Å². The van der Waals surface area contributed by atoms with Gasteiger partial charge >= 0.3 is 5.97 Å². The first-order chi connectivity index (χ1) is 8.04. The lowest BCUT2D eigenvalue weighted by molar-refractivity contribution is -0.159. The molecule has 0 bridgehead atoms. The number of hydrogen-bond acceptors (Lipinski definition) is 5. The van der Waals surface area contributed by atoms with Crippen molar-refractivity contribution in [1.29, 1.82) is 0 Å². The number of rotatable bonds is 10. The molecule has 0 amide bonds. The summed E-state index contributed by atoms with van der Waals surface area (Å²) in [4.78, 5) is 11.1. The molecule has 2 N–H and O–H groups in total. The third-order valence-corrected chi connectivity index (χ3v) is 2.38. The molecule has 17 heavy (non-hydrogen) atoms. The molecule has 5 nitrogen and oxygen atoms in total. The van der Waals surface area contributed by atoms with E-state index >= 15 is 0 Å². The van der Waals surface area contributed by atoms with Gasteiger partial charge < -0.3 is 19.9 Å². The van der Waals surface area contributed by atoms with E-state index in [0.717, 1.165) is 25.9 Å². The molecule has 0 aromatic carbocycles. The quantitative estimate of drug-likeness (QED) is 0.439. The highest BCUT2D eigenvalue weighted by molar-refractivity contribution is 5.78. The molecular formula is C12H25NO4. The Kier molecular flexibility index (Phi) is 9.03. The number of methoxy groups -OCH3 is 1. The van der Waals surface area contributed by atoms with Gasteiger partial charge in [0.1, 0.15) is 0 Å². The van der Waals surface area contributed by atoms with E-state index < -0.39 is 11.6 Å². The van der Waals surface area contributed by atoms with Crippen LogP contribution in [0.4, 0.5) is 0 Å². The van der Waals surface area contributed by atoms with Crippen LogP contribution in [0.3, 0.4) is 0 Å². The normalized spacial score (nSPS) is 14.4. The fourth-order valence-electron chi connectivity index (χ4n) is 1.27. The molecule has 1 atom stereocenters. The van der Waals surface area contributed by atoms with E-state index in [4.69, 9.17) is 4.74 Å². The molecule has 0 heterocycles. The summed E-state index contributed by atoms with van der Waals surface area (Å²) in [5.74, 6) is -0.621. The van der Waals surface area contributed by atoms with E-state index in [1.54, 1.807) is 0 Å². The van der Waals surface area contributed by atoms with E-state index in [2.05, 4.69) is 17.0 Å². The first kappa shape index (κ1) is 16.4. The lowest BCUT2D eigenvalue weighted by Gasteiger charge is -2.20. The Morgan fingerprint density at radius 2 is 2.00 bits per heavy atom. The van der Waals surface area contributed by atoms with Crippen LogP contribution in [0.25, 0.3) is 0 Å². The van der Waals surface area contributed by atoms with Crippen molar-refractivity contribution in [3.63, 3.8) is 0 Å². The molecule has 0 aliphatic heterocycles. The van der Waals surface area contributed by atoms with Gasteiger partial charge in [-0.25, -0.2) is 4.79 Å². The van der Waals surface area contributed by atoms with Crippen LogP contribution in [0.2, 0.25) is 0 Å². The Bertz CT molecular complexity index is 207. The first-order valence-electron chi connectivity index (χ1n) is 6.14. The standard InChI is InChI=1S/C12H25NO4/c1-4-5-8-17-9-6-7-13-10-12(2,15)11(14)16-3/h13,15H,4-10H2,1-3H3.